The third kappa shape index (κ3) is 7.45. The molecule has 0 aliphatic heterocycles. The molecule has 0 bridgehead atoms. The molecule has 1 aromatic rings. The van der Waals surface area contributed by atoms with Gasteiger partial charge in [0.2, 0.25) is 0 Å². The Morgan fingerprint density at radius 1 is 0.655 bits per heavy atom. The van der Waals surface area contributed by atoms with Crippen LogP contribution in [0.4, 0.5) is 0 Å². The molecule has 0 heteroatoms. The number of fused-ring (bicyclic) bond motifs is 1. The van der Waals surface area contributed by atoms with E-state index in [1.807, 2.05) is 0 Å². The van der Waals surface area contributed by atoms with Crippen molar-refractivity contribution in [3.63, 3.8) is 0 Å². The van der Waals surface area contributed by atoms with Gasteiger partial charge in [-0.15, -0.1) is 0 Å². The molecule has 0 saturated heterocycles. The van der Waals surface area contributed by atoms with Crippen LogP contribution < -0.4 is 0 Å². The zero-order chi connectivity index (χ0) is 20.3. The molecule has 0 heterocycles. The molecule has 2 aliphatic carbocycles. The Bertz CT molecular complexity index is 563. The Kier molecular flexibility index (Phi) is 10.1. The minimum atomic E-state index is 0.850. The van der Waals surface area contributed by atoms with Gasteiger partial charge in [-0.1, -0.05) is 103 Å². The van der Waals surface area contributed by atoms with E-state index in [2.05, 4.69) is 32.0 Å². The van der Waals surface area contributed by atoms with E-state index >= 15 is 0 Å². The van der Waals surface area contributed by atoms with Crippen molar-refractivity contribution in [2.75, 3.05) is 0 Å². The first-order chi connectivity index (χ1) is 14.3. The van der Waals surface area contributed by atoms with Gasteiger partial charge in [-0.2, -0.15) is 0 Å². The molecule has 0 radical (unpaired) electrons. The third-order valence-corrected chi connectivity index (χ3v) is 8.06. The number of rotatable bonds is 12. The maximum absolute atomic E-state index is 2.62. The van der Waals surface area contributed by atoms with Gasteiger partial charge in [0.05, 0.1) is 0 Å². The van der Waals surface area contributed by atoms with Crippen LogP contribution in [0, 0.1) is 11.8 Å². The number of benzene rings is 1. The van der Waals surface area contributed by atoms with Crippen LogP contribution in [0.5, 0.6) is 0 Å². The van der Waals surface area contributed by atoms with Gasteiger partial charge in [0.1, 0.15) is 0 Å². The Balaban J connectivity index is 1.41. The Morgan fingerprint density at radius 2 is 1.31 bits per heavy atom. The molecular weight excluding hydrogens is 348 g/mol. The maximum Gasteiger partial charge on any atom is -0.0162 e. The summed E-state index contributed by atoms with van der Waals surface area (Å²) in [6.45, 7) is 4.63. The topological polar surface area (TPSA) is 0 Å². The average molecular weight is 397 g/mol. The van der Waals surface area contributed by atoms with Crippen LogP contribution in [0.3, 0.4) is 0 Å². The second kappa shape index (κ2) is 12.8. The van der Waals surface area contributed by atoms with Gasteiger partial charge in [-0.3, -0.25) is 0 Å². The lowest BCUT2D eigenvalue weighted by Gasteiger charge is -2.30. The van der Waals surface area contributed by atoms with Crippen molar-refractivity contribution in [2.45, 2.75) is 135 Å². The Morgan fingerprint density at radius 3 is 2.03 bits per heavy atom. The molecule has 0 spiro atoms. The van der Waals surface area contributed by atoms with Crippen LogP contribution in [0.15, 0.2) is 18.2 Å². The quantitative estimate of drug-likeness (QED) is 0.309. The predicted octanol–water partition coefficient (Wildman–Crippen LogP) is 9.40. The second-order valence-electron chi connectivity index (χ2n) is 10.4. The first-order valence-electron chi connectivity index (χ1n) is 13.4. The van der Waals surface area contributed by atoms with Gasteiger partial charge in [-0.05, 0) is 79.4 Å². The van der Waals surface area contributed by atoms with Gasteiger partial charge in [0.25, 0.3) is 0 Å². The van der Waals surface area contributed by atoms with Crippen molar-refractivity contribution >= 4 is 0 Å². The summed E-state index contributed by atoms with van der Waals surface area (Å²) in [6, 6.07) is 7.65. The van der Waals surface area contributed by atoms with Gasteiger partial charge in [0, 0.05) is 0 Å². The van der Waals surface area contributed by atoms with E-state index in [0.717, 1.165) is 17.8 Å². The summed E-state index contributed by atoms with van der Waals surface area (Å²) >= 11 is 0. The molecule has 0 amide bonds. The molecule has 1 fully saturated rings. The molecule has 1 unspecified atom stereocenters. The molecule has 1 aromatic carbocycles. The standard InChI is InChI=1S/C29H48/c1-3-5-7-9-11-13-25-16-19-29-23-28(21-20-27(29)22-25)26-17-14-24(15-18-26)12-10-8-6-4-2/h20-21,23-26H,3-19,22H2,1-2H3/t24-,25?,26-. The van der Waals surface area contributed by atoms with Crippen molar-refractivity contribution in [1.82, 2.24) is 0 Å². The average Bonchev–Trinajstić information content (AvgIpc) is 2.76. The first-order valence-corrected chi connectivity index (χ1v) is 13.4. The van der Waals surface area contributed by atoms with Crippen molar-refractivity contribution in [3.05, 3.63) is 34.9 Å². The van der Waals surface area contributed by atoms with Crippen molar-refractivity contribution in [3.8, 4) is 0 Å². The van der Waals surface area contributed by atoms with Crippen LogP contribution in [0.25, 0.3) is 0 Å². The molecule has 1 saturated carbocycles. The lowest BCUT2D eigenvalue weighted by atomic mass is 9.75. The number of hydrogen-bond acceptors (Lipinski definition) is 0. The summed E-state index contributed by atoms with van der Waals surface area (Å²) in [5.74, 6) is 2.83. The summed E-state index contributed by atoms with van der Waals surface area (Å²) in [5.41, 5.74) is 5.06. The number of hydrogen-bond donors (Lipinski definition) is 0. The second-order valence-corrected chi connectivity index (χ2v) is 10.4. The lowest BCUT2D eigenvalue weighted by Crippen LogP contribution is -2.16. The minimum absolute atomic E-state index is 0.850. The predicted molar refractivity (Wildman–Crippen MR) is 129 cm³/mol. The van der Waals surface area contributed by atoms with Crippen molar-refractivity contribution in [2.24, 2.45) is 11.8 Å². The zero-order valence-corrected chi connectivity index (χ0v) is 19.7. The van der Waals surface area contributed by atoms with Crippen molar-refractivity contribution in [1.29, 1.82) is 0 Å². The van der Waals surface area contributed by atoms with Crippen LogP contribution in [0.1, 0.15) is 139 Å². The highest BCUT2D eigenvalue weighted by Crippen LogP contribution is 2.39. The van der Waals surface area contributed by atoms with E-state index in [0.29, 0.717) is 0 Å². The van der Waals surface area contributed by atoms with E-state index in [1.54, 1.807) is 16.7 Å². The normalized spacial score (nSPS) is 24.4. The van der Waals surface area contributed by atoms with Crippen LogP contribution in [-0.2, 0) is 12.8 Å². The van der Waals surface area contributed by atoms with Gasteiger partial charge < -0.3 is 0 Å². The van der Waals surface area contributed by atoms with Gasteiger partial charge in [0.15, 0.2) is 0 Å². The summed E-state index contributed by atoms with van der Waals surface area (Å²) in [4.78, 5) is 0. The van der Waals surface area contributed by atoms with E-state index in [4.69, 9.17) is 0 Å². The van der Waals surface area contributed by atoms with Crippen LogP contribution in [-0.4, -0.2) is 0 Å². The highest BCUT2D eigenvalue weighted by atomic mass is 14.3. The molecule has 0 N–H and O–H groups in total. The number of unbranched alkanes of at least 4 members (excludes halogenated alkanes) is 7. The highest BCUT2D eigenvalue weighted by molar-refractivity contribution is 5.36. The zero-order valence-electron chi connectivity index (χ0n) is 19.7. The van der Waals surface area contributed by atoms with Crippen LogP contribution in [0.2, 0.25) is 0 Å². The largest absolute Gasteiger partial charge is 0.0654 e. The van der Waals surface area contributed by atoms with Crippen LogP contribution >= 0.6 is 0 Å². The molecular formula is C29H48. The third-order valence-electron chi connectivity index (χ3n) is 8.06. The van der Waals surface area contributed by atoms with E-state index in [-0.39, 0.29) is 0 Å². The number of aryl methyl sites for hydroxylation is 1. The summed E-state index contributed by atoms with van der Waals surface area (Å²) < 4.78 is 0. The fourth-order valence-electron chi connectivity index (χ4n) is 6.03. The molecule has 29 heavy (non-hydrogen) atoms. The molecule has 0 aromatic heterocycles. The molecule has 3 rings (SSSR count). The van der Waals surface area contributed by atoms with E-state index < -0.39 is 0 Å². The minimum Gasteiger partial charge on any atom is -0.0654 e. The molecule has 2 aliphatic rings. The molecule has 164 valence electrons. The Hall–Kier alpha value is -0.780. The van der Waals surface area contributed by atoms with Gasteiger partial charge >= 0.3 is 0 Å². The van der Waals surface area contributed by atoms with Gasteiger partial charge in [-0.25, -0.2) is 0 Å². The summed E-state index contributed by atoms with van der Waals surface area (Å²) in [5, 5.41) is 0. The molecule has 0 nitrogen and oxygen atoms in total. The molecule has 1 atom stereocenters. The summed E-state index contributed by atoms with van der Waals surface area (Å²) in [6.07, 6.45) is 25.8. The van der Waals surface area contributed by atoms with E-state index in [9.17, 15) is 0 Å². The maximum atomic E-state index is 2.62. The SMILES string of the molecule is CCCCCCCC1CCc2cc([C@H]3CC[C@H](CCCCCC)CC3)ccc2C1. The fourth-order valence-corrected chi connectivity index (χ4v) is 6.03. The highest BCUT2D eigenvalue weighted by Gasteiger charge is 2.24. The van der Waals surface area contributed by atoms with E-state index in [1.165, 1.54) is 116 Å². The first kappa shape index (κ1) is 22.9. The fraction of sp³-hybridized carbons (Fsp3) is 0.793. The summed E-state index contributed by atoms with van der Waals surface area (Å²) in [7, 11) is 0. The lowest BCUT2D eigenvalue weighted by molar-refractivity contribution is 0.302. The monoisotopic (exact) mass is 396 g/mol. The Labute approximate surface area is 182 Å². The van der Waals surface area contributed by atoms with Crippen molar-refractivity contribution < 1.29 is 0 Å². The smallest absolute Gasteiger partial charge is 0.0162 e.